The number of rotatable bonds is 7. The molecule has 7 nitrogen and oxygen atoms in total. The van der Waals surface area contributed by atoms with Crippen LogP contribution in [-0.2, 0) is 11.8 Å². The van der Waals surface area contributed by atoms with Gasteiger partial charge in [-0.3, -0.25) is 4.79 Å². The third-order valence-corrected chi connectivity index (χ3v) is 5.90. The van der Waals surface area contributed by atoms with Crippen molar-refractivity contribution < 1.29 is 9.53 Å². The van der Waals surface area contributed by atoms with Crippen LogP contribution in [0.5, 0.6) is 5.75 Å². The minimum absolute atomic E-state index is 0.119. The van der Waals surface area contributed by atoms with E-state index in [9.17, 15) is 4.79 Å². The predicted octanol–water partition coefficient (Wildman–Crippen LogP) is 3.76. The molecule has 0 radical (unpaired) electrons. The van der Waals surface area contributed by atoms with E-state index in [1.54, 1.807) is 0 Å². The first-order valence-electron chi connectivity index (χ1n) is 8.41. The number of nitrogens with one attached hydrogen (secondary N) is 1. The van der Waals surface area contributed by atoms with E-state index in [1.165, 1.54) is 23.1 Å². The van der Waals surface area contributed by atoms with Crippen molar-refractivity contribution in [2.45, 2.75) is 32.0 Å². The van der Waals surface area contributed by atoms with E-state index in [2.05, 4.69) is 20.5 Å². The van der Waals surface area contributed by atoms with Gasteiger partial charge >= 0.3 is 0 Å². The molecular formula is C18H21N5O2S2. The molecule has 0 unspecified atom stereocenters. The van der Waals surface area contributed by atoms with Crippen molar-refractivity contribution in [1.82, 2.24) is 19.7 Å². The Hall–Kier alpha value is -2.39. The van der Waals surface area contributed by atoms with Gasteiger partial charge in [0.05, 0.1) is 11.4 Å². The molecule has 0 aliphatic carbocycles. The molecule has 0 aliphatic rings. The van der Waals surface area contributed by atoms with E-state index < -0.39 is 0 Å². The Labute approximate surface area is 166 Å². The average molecular weight is 404 g/mol. The summed E-state index contributed by atoms with van der Waals surface area (Å²) in [5.41, 5.74) is 0.938. The van der Waals surface area contributed by atoms with E-state index in [1.807, 2.05) is 62.7 Å². The topological polar surface area (TPSA) is 81.9 Å². The van der Waals surface area contributed by atoms with Crippen molar-refractivity contribution in [2.24, 2.45) is 7.05 Å². The Kier molecular flexibility index (Phi) is 6.12. The summed E-state index contributed by atoms with van der Waals surface area (Å²) in [5.74, 6) is 1.59. The van der Waals surface area contributed by atoms with E-state index in [-0.39, 0.29) is 17.8 Å². The minimum atomic E-state index is -0.255. The van der Waals surface area contributed by atoms with Crippen LogP contribution >= 0.6 is 23.1 Å². The minimum Gasteiger partial charge on any atom is -0.483 e. The summed E-state index contributed by atoms with van der Waals surface area (Å²) in [5, 5.41) is 12.5. The van der Waals surface area contributed by atoms with E-state index >= 15 is 0 Å². The molecule has 2 heterocycles. The highest BCUT2D eigenvalue weighted by Crippen LogP contribution is 2.24. The van der Waals surface area contributed by atoms with Crippen LogP contribution in [-0.4, -0.2) is 31.4 Å². The molecule has 0 saturated carbocycles. The zero-order chi connectivity index (χ0) is 19.4. The third kappa shape index (κ3) is 4.86. The SMILES string of the molecule is Cc1nc(NC(=O)CSc2nnc([C@H](C)Oc3ccccc3)n2C)sc1C. The molecule has 1 amide bonds. The second kappa shape index (κ2) is 8.53. The zero-order valence-electron chi connectivity index (χ0n) is 15.6. The fraction of sp³-hybridized carbons (Fsp3) is 0.333. The van der Waals surface area contributed by atoms with Gasteiger partial charge in [0.25, 0.3) is 0 Å². The second-order valence-electron chi connectivity index (χ2n) is 5.97. The highest BCUT2D eigenvalue weighted by atomic mass is 32.2. The van der Waals surface area contributed by atoms with Crippen LogP contribution in [0.1, 0.15) is 29.4 Å². The van der Waals surface area contributed by atoms with E-state index in [0.717, 1.165) is 16.3 Å². The lowest BCUT2D eigenvalue weighted by Gasteiger charge is -2.14. The highest BCUT2D eigenvalue weighted by molar-refractivity contribution is 7.99. The molecule has 9 heteroatoms. The lowest BCUT2D eigenvalue weighted by molar-refractivity contribution is -0.113. The number of carbonyl (C=O) groups excluding carboxylic acids is 1. The first-order chi connectivity index (χ1) is 12.9. The molecule has 0 aliphatic heterocycles. The quantitative estimate of drug-likeness (QED) is 0.605. The van der Waals surface area contributed by atoms with Crippen LogP contribution in [0.2, 0.25) is 0 Å². The fourth-order valence-corrected chi connectivity index (χ4v) is 3.92. The van der Waals surface area contributed by atoms with Gasteiger partial charge in [-0.15, -0.1) is 21.5 Å². The number of hydrogen-bond donors (Lipinski definition) is 1. The Morgan fingerprint density at radius 2 is 2.04 bits per heavy atom. The monoisotopic (exact) mass is 403 g/mol. The lowest BCUT2D eigenvalue weighted by atomic mass is 10.3. The van der Waals surface area contributed by atoms with Crippen LogP contribution < -0.4 is 10.1 Å². The van der Waals surface area contributed by atoms with Crippen molar-refractivity contribution in [3.63, 3.8) is 0 Å². The summed E-state index contributed by atoms with van der Waals surface area (Å²) in [6.07, 6.45) is -0.255. The second-order valence-corrected chi connectivity index (χ2v) is 8.12. The largest absolute Gasteiger partial charge is 0.483 e. The molecule has 142 valence electrons. The van der Waals surface area contributed by atoms with E-state index in [0.29, 0.717) is 16.1 Å². The van der Waals surface area contributed by atoms with E-state index in [4.69, 9.17) is 4.74 Å². The molecule has 1 atom stereocenters. The summed E-state index contributed by atoms with van der Waals surface area (Å²) < 4.78 is 7.74. The molecule has 1 N–H and O–H groups in total. The Bertz CT molecular complexity index is 904. The van der Waals surface area contributed by atoms with Crippen molar-refractivity contribution in [1.29, 1.82) is 0 Å². The van der Waals surface area contributed by atoms with Gasteiger partial charge in [0, 0.05) is 11.9 Å². The number of benzene rings is 1. The number of thiazole rings is 1. The van der Waals surface area contributed by atoms with Gasteiger partial charge < -0.3 is 14.6 Å². The standard InChI is InChI=1S/C18H21N5O2S2/c1-11-13(3)27-17(19-11)20-15(24)10-26-18-22-21-16(23(18)4)12(2)25-14-8-6-5-7-9-14/h5-9,12H,10H2,1-4H3,(H,19,20,24)/t12-/m0/s1. The first-order valence-corrected chi connectivity index (χ1v) is 10.2. The van der Waals surface area contributed by atoms with Gasteiger partial charge in [-0.1, -0.05) is 30.0 Å². The van der Waals surface area contributed by atoms with Gasteiger partial charge in [-0.25, -0.2) is 4.98 Å². The number of para-hydroxylation sites is 1. The molecule has 1 aromatic carbocycles. The van der Waals surface area contributed by atoms with Gasteiger partial charge in [0.1, 0.15) is 5.75 Å². The van der Waals surface area contributed by atoms with Crippen LogP contribution in [0.3, 0.4) is 0 Å². The summed E-state index contributed by atoms with van der Waals surface area (Å²) in [4.78, 5) is 17.6. The maximum Gasteiger partial charge on any atom is 0.236 e. The number of amides is 1. The summed E-state index contributed by atoms with van der Waals surface area (Å²) in [6, 6.07) is 9.58. The molecule has 2 aromatic heterocycles. The van der Waals surface area contributed by atoms with Crippen molar-refractivity contribution in [3.05, 3.63) is 46.7 Å². The molecule has 0 spiro atoms. The van der Waals surface area contributed by atoms with Crippen molar-refractivity contribution in [3.8, 4) is 5.75 Å². The maximum atomic E-state index is 12.2. The molecule has 27 heavy (non-hydrogen) atoms. The van der Waals surface area contributed by atoms with Gasteiger partial charge in [-0.05, 0) is 32.9 Å². The number of ether oxygens (including phenoxy) is 1. The molecule has 3 aromatic rings. The highest BCUT2D eigenvalue weighted by Gasteiger charge is 2.18. The van der Waals surface area contributed by atoms with Crippen LogP contribution in [0.15, 0.2) is 35.5 Å². The molecular weight excluding hydrogens is 382 g/mol. The average Bonchev–Trinajstić information content (AvgIpc) is 3.16. The summed E-state index contributed by atoms with van der Waals surface area (Å²) in [7, 11) is 1.87. The Balaban J connectivity index is 1.57. The molecule has 0 fully saturated rings. The zero-order valence-corrected chi connectivity index (χ0v) is 17.2. The number of aryl methyl sites for hydroxylation is 2. The van der Waals surface area contributed by atoms with Crippen LogP contribution in [0.4, 0.5) is 5.13 Å². The Morgan fingerprint density at radius 1 is 1.30 bits per heavy atom. The normalized spacial score (nSPS) is 12.0. The predicted molar refractivity (Wildman–Crippen MR) is 107 cm³/mol. The van der Waals surface area contributed by atoms with Crippen molar-refractivity contribution >= 4 is 34.1 Å². The van der Waals surface area contributed by atoms with Crippen LogP contribution in [0, 0.1) is 13.8 Å². The third-order valence-electron chi connectivity index (χ3n) is 3.90. The molecule has 3 rings (SSSR count). The Morgan fingerprint density at radius 3 is 2.70 bits per heavy atom. The maximum absolute atomic E-state index is 12.2. The first kappa shape index (κ1) is 19.4. The smallest absolute Gasteiger partial charge is 0.236 e. The lowest BCUT2D eigenvalue weighted by Crippen LogP contribution is -2.14. The number of anilines is 1. The number of hydrogen-bond acceptors (Lipinski definition) is 7. The number of thioether (sulfide) groups is 1. The van der Waals surface area contributed by atoms with Crippen molar-refractivity contribution in [2.75, 3.05) is 11.1 Å². The fourth-order valence-electron chi connectivity index (χ4n) is 2.37. The van der Waals surface area contributed by atoms with Gasteiger partial charge in [0.15, 0.2) is 22.2 Å². The van der Waals surface area contributed by atoms with Gasteiger partial charge in [-0.2, -0.15) is 0 Å². The molecule has 0 bridgehead atoms. The number of carbonyl (C=O) groups is 1. The number of nitrogens with zero attached hydrogens (tertiary/aromatic N) is 4. The summed E-state index contributed by atoms with van der Waals surface area (Å²) >= 11 is 2.80. The van der Waals surface area contributed by atoms with Crippen LogP contribution in [0.25, 0.3) is 0 Å². The summed E-state index contributed by atoms with van der Waals surface area (Å²) in [6.45, 7) is 5.83. The molecule has 0 saturated heterocycles. The van der Waals surface area contributed by atoms with Gasteiger partial charge in [0.2, 0.25) is 5.91 Å². The number of aromatic nitrogens is 4.